The van der Waals surface area contributed by atoms with E-state index < -0.39 is 4.92 Å². The number of non-ortho nitro benzene ring substituents is 1. The van der Waals surface area contributed by atoms with Gasteiger partial charge in [-0.2, -0.15) is 0 Å². The van der Waals surface area contributed by atoms with Gasteiger partial charge >= 0.3 is 0 Å². The van der Waals surface area contributed by atoms with Crippen LogP contribution in [0.15, 0.2) is 48.5 Å². The maximum absolute atomic E-state index is 10.6. The molecule has 21 heavy (non-hydrogen) atoms. The highest BCUT2D eigenvalue weighted by molar-refractivity contribution is 6.23. The predicted octanol–water partition coefficient (Wildman–Crippen LogP) is 5.55. The largest absolute Gasteiger partial charge is 0.269 e. The van der Waals surface area contributed by atoms with E-state index in [0.717, 1.165) is 11.1 Å². The molecule has 0 amide bonds. The summed E-state index contributed by atoms with van der Waals surface area (Å²) in [5.74, 6) is 0. The van der Waals surface area contributed by atoms with E-state index in [0.29, 0.717) is 6.42 Å². The van der Waals surface area contributed by atoms with E-state index in [9.17, 15) is 10.1 Å². The highest BCUT2D eigenvalue weighted by Crippen LogP contribution is 2.35. The number of halogens is 2. The van der Waals surface area contributed by atoms with Crippen molar-refractivity contribution in [3.05, 3.63) is 75.3 Å². The number of nitro groups is 1. The van der Waals surface area contributed by atoms with Crippen LogP contribution in [0.3, 0.4) is 0 Å². The molecular formula is C16H15Cl2NO2. The fraction of sp³-hybridized carbons (Fsp3) is 0.250. The Bertz CT molecular complexity index is 611. The quantitative estimate of drug-likeness (QED) is 0.411. The zero-order valence-corrected chi connectivity index (χ0v) is 13.0. The number of alkyl halides is 2. The first-order valence-electron chi connectivity index (χ1n) is 6.56. The molecule has 0 saturated heterocycles. The molecule has 0 aliphatic carbocycles. The van der Waals surface area contributed by atoms with Gasteiger partial charge in [0.25, 0.3) is 5.69 Å². The van der Waals surface area contributed by atoms with Crippen LogP contribution in [-0.2, 0) is 0 Å². The number of hydrogen-bond donors (Lipinski definition) is 0. The Morgan fingerprint density at radius 3 is 1.81 bits per heavy atom. The zero-order valence-electron chi connectivity index (χ0n) is 11.5. The SMILES string of the molecule is Cc1ccc(C(Cl)CC(Cl)c2ccc([N+](=O)[O-])cc2)cc1. The minimum absolute atomic E-state index is 0.0589. The Morgan fingerprint density at radius 2 is 1.38 bits per heavy atom. The van der Waals surface area contributed by atoms with Gasteiger partial charge in [0, 0.05) is 12.1 Å². The normalized spacial score (nSPS) is 13.7. The summed E-state index contributed by atoms with van der Waals surface area (Å²) in [6, 6.07) is 14.3. The van der Waals surface area contributed by atoms with E-state index in [-0.39, 0.29) is 16.4 Å². The topological polar surface area (TPSA) is 43.1 Å². The van der Waals surface area contributed by atoms with Gasteiger partial charge in [0.15, 0.2) is 0 Å². The van der Waals surface area contributed by atoms with Gasteiger partial charge in [-0.25, -0.2) is 0 Å². The lowest BCUT2D eigenvalue weighted by Crippen LogP contribution is -1.98. The van der Waals surface area contributed by atoms with Crippen molar-refractivity contribution in [1.82, 2.24) is 0 Å². The Hall–Kier alpha value is -1.58. The molecule has 2 rings (SSSR count). The third-order valence-corrected chi connectivity index (χ3v) is 4.18. The van der Waals surface area contributed by atoms with Gasteiger partial charge in [0.05, 0.1) is 15.7 Å². The lowest BCUT2D eigenvalue weighted by Gasteiger charge is -2.15. The average molecular weight is 324 g/mol. The molecule has 5 heteroatoms. The third-order valence-electron chi connectivity index (χ3n) is 3.32. The Labute approximate surface area is 133 Å². The van der Waals surface area contributed by atoms with Crippen LogP contribution >= 0.6 is 23.2 Å². The highest BCUT2D eigenvalue weighted by atomic mass is 35.5. The number of hydrogen-bond acceptors (Lipinski definition) is 2. The van der Waals surface area contributed by atoms with E-state index in [1.807, 2.05) is 31.2 Å². The first-order chi connectivity index (χ1) is 9.97. The zero-order chi connectivity index (χ0) is 15.4. The Kier molecular flexibility index (Phi) is 5.21. The van der Waals surface area contributed by atoms with Gasteiger partial charge in [-0.05, 0) is 24.5 Å². The van der Waals surface area contributed by atoms with Crippen molar-refractivity contribution in [3.63, 3.8) is 0 Å². The Morgan fingerprint density at radius 1 is 0.952 bits per heavy atom. The molecule has 0 aliphatic rings. The summed E-state index contributed by atoms with van der Waals surface area (Å²) in [7, 11) is 0. The molecule has 2 unspecified atom stereocenters. The number of rotatable bonds is 5. The molecule has 0 bridgehead atoms. The Balaban J connectivity index is 2.04. The van der Waals surface area contributed by atoms with Gasteiger partial charge < -0.3 is 0 Å². The lowest BCUT2D eigenvalue weighted by molar-refractivity contribution is -0.384. The molecule has 0 saturated carbocycles. The molecule has 0 N–H and O–H groups in total. The summed E-state index contributed by atoms with van der Waals surface area (Å²) >= 11 is 12.8. The van der Waals surface area contributed by atoms with Crippen LogP contribution in [-0.4, -0.2) is 4.92 Å². The molecular weight excluding hydrogens is 309 g/mol. The smallest absolute Gasteiger partial charge is 0.258 e. The summed E-state index contributed by atoms with van der Waals surface area (Å²) in [6.45, 7) is 2.02. The van der Waals surface area contributed by atoms with Crippen LogP contribution in [0.4, 0.5) is 5.69 Å². The molecule has 2 aromatic rings. The van der Waals surface area contributed by atoms with Crippen LogP contribution in [0.5, 0.6) is 0 Å². The molecule has 0 spiro atoms. The number of aryl methyl sites for hydroxylation is 1. The van der Waals surface area contributed by atoms with Crippen LogP contribution in [0, 0.1) is 17.0 Å². The third kappa shape index (κ3) is 4.19. The minimum Gasteiger partial charge on any atom is -0.258 e. The fourth-order valence-corrected chi connectivity index (χ4v) is 2.77. The average Bonchev–Trinajstić information content (AvgIpc) is 2.47. The van der Waals surface area contributed by atoms with Crippen molar-refractivity contribution in [1.29, 1.82) is 0 Å². The van der Waals surface area contributed by atoms with E-state index in [4.69, 9.17) is 23.2 Å². The maximum Gasteiger partial charge on any atom is 0.269 e. The van der Waals surface area contributed by atoms with Crippen LogP contribution in [0.1, 0.15) is 33.9 Å². The maximum atomic E-state index is 10.6. The molecule has 0 aromatic heterocycles. The van der Waals surface area contributed by atoms with Gasteiger partial charge in [-0.15, -0.1) is 23.2 Å². The van der Waals surface area contributed by atoms with Crippen molar-refractivity contribution < 1.29 is 4.92 Å². The van der Waals surface area contributed by atoms with Crippen molar-refractivity contribution >= 4 is 28.9 Å². The number of nitro benzene ring substituents is 1. The van der Waals surface area contributed by atoms with Crippen molar-refractivity contribution in [2.24, 2.45) is 0 Å². The molecule has 0 radical (unpaired) electrons. The molecule has 110 valence electrons. The second-order valence-electron chi connectivity index (χ2n) is 4.93. The summed E-state index contributed by atoms with van der Waals surface area (Å²) in [6.07, 6.45) is 0.560. The van der Waals surface area contributed by atoms with E-state index in [1.165, 1.54) is 17.7 Å². The van der Waals surface area contributed by atoms with Crippen molar-refractivity contribution in [2.45, 2.75) is 24.1 Å². The standard InChI is InChI=1S/C16H15Cl2NO2/c1-11-2-4-12(5-3-11)15(17)10-16(18)13-6-8-14(9-7-13)19(20)21/h2-9,15-16H,10H2,1H3. The molecule has 2 aromatic carbocycles. The first kappa shape index (κ1) is 15.8. The van der Waals surface area contributed by atoms with Crippen molar-refractivity contribution in [3.8, 4) is 0 Å². The summed E-state index contributed by atoms with van der Waals surface area (Å²) in [4.78, 5) is 10.2. The lowest BCUT2D eigenvalue weighted by atomic mass is 10.0. The monoisotopic (exact) mass is 323 g/mol. The first-order valence-corrected chi connectivity index (χ1v) is 7.43. The minimum atomic E-state index is -0.427. The predicted molar refractivity (Wildman–Crippen MR) is 86.1 cm³/mol. The second kappa shape index (κ2) is 6.92. The molecule has 0 fully saturated rings. The van der Waals surface area contributed by atoms with E-state index in [1.54, 1.807) is 12.1 Å². The summed E-state index contributed by atoms with van der Waals surface area (Å²) in [5.41, 5.74) is 3.10. The number of benzene rings is 2. The number of nitrogens with zero attached hydrogens (tertiary/aromatic N) is 1. The van der Waals surface area contributed by atoms with Crippen LogP contribution < -0.4 is 0 Å². The van der Waals surface area contributed by atoms with E-state index >= 15 is 0 Å². The molecule has 0 aliphatic heterocycles. The van der Waals surface area contributed by atoms with E-state index in [2.05, 4.69) is 0 Å². The van der Waals surface area contributed by atoms with Gasteiger partial charge in [0.2, 0.25) is 0 Å². The molecule has 2 atom stereocenters. The van der Waals surface area contributed by atoms with Crippen LogP contribution in [0.25, 0.3) is 0 Å². The molecule has 0 heterocycles. The fourth-order valence-electron chi connectivity index (χ4n) is 2.03. The van der Waals surface area contributed by atoms with Crippen molar-refractivity contribution in [2.75, 3.05) is 0 Å². The second-order valence-corrected chi connectivity index (χ2v) is 5.98. The highest BCUT2D eigenvalue weighted by Gasteiger charge is 2.16. The van der Waals surface area contributed by atoms with Gasteiger partial charge in [-0.3, -0.25) is 10.1 Å². The molecule has 3 nitrogen and oxygen atoms in total. The summed E-state index contributed by atoms with van der Waals surface area (Å²) in [5, 5.41) is 10.1. The van der Waals surface area contributed by atoms with Crippen LogP contribution in [0.2, 0.25) is 0 Å². The van der Waals surface area contributed by atoms with Gasteiger partial charge in [0.1, 0.15) is 0 Å². The van der Waals surface area contributed by atoms with Gasteiger partial charge in [-0.1, -0.05) is 42.0 Å². The summed E-state index contributed by atoms with van der Waals surface area (Å²) < 4.78 is 0.